The van der Waals surface area contributed by atoms with Gasteiger partial charge in [-0.1, -0.05) is 15.9 Å². The second-order valence-electron chi connectivity index (χ2n) is 4.68. The SMILES string of the molecule is COC(=O)c1ccc2nnc(-c3cc(C)cc(Br)c3)n2c1. The Labute approximate surface area is 129 Å². The smallest absolute Gasteiger partial charge is 0.339 e. The van der Waals surface area contributed by atoms with E-state index < -0.39 is 0 Å². The van der Waals surface area contributed by atoms with Crippen molar-refractivity contribution in [3.05, 3.63) is 52.1 Å². The summed E-state index contributed by atoms with van der Waals surface area (Å²) >= 11 is 3.48. The summed E-state index contributed by atoms with van der Waals surface area (Å²) in [7, 11) is 1.36. The van der Waals surface area contributed by atoms with E-state index in [0.717, 1.165) is 15.6 Å². The molecule has 3 rings (SSSR count). The molecule has 0 radical (unpaired) electrons. The molecule has 1 aromatic carbocycles. The first-order chi connectivity index (χ1) is 10.1. The zero-order chi connectivity index (χ0) is 15.0. The second-order valence-corrected chi connectivity index (χ2v) is 5.59. The molecule has 2 aromatic heterocycles. The van der Waals surface area contributed by atoms with Crippen molar-refractivity contribution in [1.82, 2.24) is 14.6 Å². The molecule has 5 nitrogen and oxygen atoms in total. The summed E-state index contributed by atoms with van der Waals surface area (Å²) in [6.07, 6.45) is 1.69. The summed E-state index contributed by atoms with van der Waals surface area (Å²) in [4.78, 5) is 11.7. The van der Waals surface area contributed by atoms with Crippen molar-refractivity contribution in [3.8, 4) is 11.4 Å². The lowest BCUT2D eigenvalue weighted by atomic mass is 10.1. The standard InChI is InChI=1S/C15H12BrN3O2/c1-9-5-11(7-12(16)6-9)14-18-17-13-4-3-10(8-19(13)14)15(20)21-2/h3-8H,1-2H3. The minimum Gasteiger partial charge on any atom is -0.465 e. The molecule has 0 amide bonds. The summed E-state index contributed by atoms with van der Waals surface area (Å²) in [5.74, 6) is 0.294. The van der Waals surface area contributed by atoms with E-state index in [0.29, 0.717) is 17.0 Å². The normalized spacial score (nSPS) is 10.8. The molecule has 106 valence electrons. The van der Waals surface area contributed by atoms with Gasteiger partial charge in [-0.3, -0.25) is 4.40 Å². The first-order valence-corrected chi connectivity index (χ1v) is 7.08. The Morgan fingerprint density at radius 3 is 2.76 bits per heavy atom. The van der Waals surface area contributed by atoms with E-state index >= 15 is 0 Å². The number of hydrogen-bond acceptors (Lipinski definition) is 4. The van der Waals surface area contributed by atoms with Gasteiger partial charge in [0.1, 0.15) is 0 Å². The number of ether oxygens (including phenoxy) is 1. The predicted octanol–water partition coefficient (Wildman–Crippen LogP) is 3.25. The van der Waals surface area contributed by atoms with Crippen molar-refractivity contribution in [1.29, 1.82) is 0 Å². The number of esters is 1. The third-order valence-electron chi connectivity index (χ3n) is 3.12. The van der Waals surface area contributed by atoms with E-state index in [1.54, 1.807) is 22.7 Å². The largest absolute Gasteiger partial charge is 0.465 e. The Morgan fingerprint density at radius 1 is 1.24 bits per heavy atom. The fourth-order valence-electron chi connectivity index (χ4n) is 2.19. The fraction of sp³-hybridized carbons (Fsp3) is 0.133. The number of methoxy groups -OCH3 is 1. The number of benzene rings is 1. The van der Waals surface area contributed by atoms with Crippen molar-refractivity contribution in [2.75, 3.05) is 7.11 Å². The van der Waals surface area contributed by atoms with Crippen LogP contribution in [0, 0.1) is 6.92 Å². The van der Waals surface area contributed by atoms with Gasteiger partial charge in [-0.05, 0) is 42.8 Å². The van der Waals surface area contributed by atoms with E-state index in [4.69, 9.17) is 4.74 Å². The molecule has 3 aromatic rings. The number of carbonyl (C=O) groups excluding carboxylic acids is 1. The third-order valence-corrected chi connectivity index (χ3v) is 3.58. The van der Waals surface area contributed by atoms with Crippen LogP contribution >= 0.6 is 15.9 Å². The lowest BCUT2D eigenvalue weighted by molar-refractivity contribution is 0.0600. The minimum atomic E-state index is -0.387. The molecule has 21 heavy (non-hydrogen) atoms. The highest BCUT2D eigenvalue weighted by Gasteiger charge is 2.12. The first-order valence-electron chi connectivity index (χ1n) is 6.29. The molecule has 0 saturated carbocycles. The van der Waals surface area contributed by atoms with E-state index in [9.17, 15) is 4.79 Å². The van der Waals surface area contributed by atoms with Crippen LogP contribution in [0.4, 0.5) is 0 Å². The van der Waals surface area contributed by atoms with Crippen LogP contribution in [-0.2, 0) is 4.74 Å². The van der Waals surface area contributed by atoms with Crippen LogP contribution in [0.15, 0.2) is 41.0 Å². The van der Waals surface area contributed by atoms with Crippen LogP contribution in [0.1, 0.15) is 15.9 Å². The Balaban J connectivity index is 2.20. The van der Waals surface area contributed by atoms with Crippen LogP contribution in [-0.4, -0.2) is 27.7 Å². The molecular weight excluding hydrogens is 334 g/mol. The molecule has 0 aliphatic heterocycles. The maximum Gasteiger partial charge on any atom is 0.339 e. The molecule has 0 spiro atoms. The highest BCUT2D eigenvalue weighted by atomic mass is 79.9. The van der Waals surface area contributed by atoms with Gasteiger partial charge in [0, 0.05) is 16.2 Å². The van der Waals surface area contributed by atoms with Crippen molar-refractivity contribution in [2.45, 2.75) is 6.92 Å². The maximum absolute atomic E-state index is 11.7. The van der Waals surface area contributed by atoms with Crippen molar-refractivity contribution >= 4 is 27.5 Å². The lowest BCUT2D eigenvalue weighted by Gasteiger charge is -2.04. The van der Waals surface area contributed by atoms with Crippen LogP contribution in [0.3, 0.4) is 0 Å². The van der Waals surface area contributed by atoms with Crippen LogP contribution in [0.5, 0.6) is 0 Å². The maximum atomic E-state index is 11.7. The van der Waals surface area contributed by atoms with Crippen LogP contribution in [0.25, 0.3) is 17.0 Å². The van der Waals surface area contributed by atoms with Gasteiger partial charge in [0.25, 0.3) is 0 Å². The van der Waals surface area contributed by atoms with E-state index in [-0.39, 0.29) is 5.97 Å². The summed E-state index contributed by atoms with van der Waals surface area (Å²) in [6, 6.07) is 9.42. The Kier molecular flexibility index (Phi) is 3.47. The van der Waals surface area contributed by atoms with Gasteiger partial charge in [0.2, 0.25) is 0 Å². The van der Waals surface area contributed by atoms with Crippen molar-refractivity contribution in [2.24, 2.45) is 0 Å². The summed E-state index contributed by atoms with van der Waals surface area (Å²) in [6.45, 7) is 2.01. The number of halogens is 1. The first kappa shape index (κ1) is 13.8. The topological polar surface area (TPSA) is 56.5 Å². The zero-order valence-electron chi connectivity index (χ0n) is 11.5. The number of nitrogens with zero attached hydrogens (tertiary/aromatic N) is 3. The molecular formula is C15H12BrN3O2. The molecule has 0 bridgehead atoms. The third kappa shape index (κ3) is 2.54. The molecule has 0 saturated heterocycles. The summed E-state index contributed by atoms with van der Waals surface area (Å²) in [5, 5.41) is 8.34. The number of rotatable bonds is 2. The predicted molar refractivity (Wildman–Crippen MR) is 82.2 cm³/mol. The lowest BCUT2D eigenvalue weighted by Crippen LogP contribution is -2.03. The van der Waals surface area contributed by atoms with E-state index in [1.807, 2.05) is 25.1 Å². The van der Waals surface area contributed by atoms with E-state index in [2.05, 4.69) is 26.1 Å². The van der Waals surface area contributed by atoms with Gasteiger partial charge in [0.15, 0.2) is 11.5 Å². The molecule has 2 heterocycles. The number of carbonyl (C=O) groups is 1. The molecule has 0 atom stereocenters. The fourth-order valence-corrected chi connectivity index (χ4v) is 2.80. The minimum absolute atomic E-state index is 0.387. The molecule has 0 unspecified atom stereocenters. The van der Waals surface area contributed by atoms with Gasteiger partial charge < -0.3 is 4.74 Å². The summed E-state index contributed by atoms with van der Waals surface area (Å²) < 4.78 is 7.50. The van der Waals surface area contributed by atoms with Crippen molar-refractivity contribution in [3.63, 3.8) is 0 Å². The van der Waals surface area contributed by atoms with Crippen molar-refractivity contribution < 1.29 is 9.53 Å². The van der Waals surface area contributed by atoms with Crippen LogP contribution < -0.4 is 0 Å². The second kappa shape index (κ2) is 5.29. The number of fused-ring (bicyclic) bond motifs is 1. The average Bonchev–Trinajstić information content (AvgIpc) is 2.88. The number of pyridine rings is 1. The molecule has 6 heteroatoms. The Morgan fingerprint density at radius 2 is 2.05 bits per heavy atom. The molecule has 0 N–H and O–H groups in total. The van der Waals surface area contributed by atoms with Gasteiger partial charge in [0.05, 0.1) is 12.7 Å². The van der Waals surface area contributed by atoms with Gasteiger partial charge in [-0.25, -0.2) is 4.79 Å². The van der Waals surface area contributed by atoms with Gasteiger partial charge >= 0.3 is 5.97 Å². The highest BCUT2D eigenvalue weighted by Crippen LogP contribution is 2.24. The van der Waals surface area contributed by atoms with Gasteiger partial charge in [-0.2, -0.15) is 0 Å². The van der Waals surface area contributed by atoms with E-state index in [1.165, 1.54) is 7.11 Å². The Bertz CT molecular complexity index is 822. The summed E-state index contributed by atoms with van der Waals surface area (Å²) in [5.41, 5.74) is 3.17. The molecule has 0 aliphatic carbocycles. The van der Waals surface area contributed by atoms with Crippen LogP contribution in [0.2, 0.25) is 0 Å². The Hall–Kier alpha value is -2.21. The molecule has 0 aliphatic rings. The highest BCUT2D eigenvalue weighted by molar-refractivity contribution is 9.10. The molecule has 0 fully saturated rings. The monoisotopic (exact) mass is 345 g/mol. The number of hydrogen-bond donors (Lipinski definition) is 0. The average molecular weight is 346 g/mol. The zero-order valence-corrected chi connectivity index (χ0v) is 13.1. The quantitative estimate of drug-likeness (QED) is 0.669. The number of aryl methyl sites for hydroxylation is 1. The number of aromatic nitrogens is 3. The van der Waals surface area contributed by atoms with Gasteiger partial charge in [-0.15, -0.1) is 10.2 Å².